The maximum Gasteiger partial charge on any atom is 0.243 e. The van der Waals surface area contributed by atoms with Crippen LogP contribution in [0.5, 0.6) is 0 Å². The smallest absolute Gasteiger partial charge is 0.243 e. The standard InChI is InChI=1S/C15H28N4O2/c1-4-16-15(17-10-14(20)18(2)3)19-8-7-13-12(11-19)6-5-9-21-13/h12-13H,4-11H2,1-3H3,(H,16,17). The van der Waals surface area contributed by atoms with Crippen molar-refractivity contribution >= 4 is 11.9 Å². The van der Waals surface area contributed by atoms with Crippen LogP contribution in [0.2, 0.25) is 0 Å². The number of rotatable bonds is 3. The molecule has 0 aromatic rings. The number of carbonyl (C=O) groups is 1. The SMILES string of the molecule is CCNC(=NCC(=O)N(C)C)N1CCC2OCCCC2C1. The molecule has 6 nitrogen and oxygen atoms in total. The number of likely N-dealkylation sites (N-methyl/N-ethyl adjacent to an activating group) is 1. The third-order valence-electron chi connectivity index (χ3n) is 4.21. The molecular weight excluding hydrogens is 268 g/mol. The Hall–Kier alpha value is -1.30. The number of fused-ring (bicyclic) bond motifs is 1. The number of aliphatic imine (C=N–C) groups is 1. The van der Waals surface area contributed by atoms with Gasteiger partial charge in [0.2, 0.25) is 5.91 Å². The van der Waals surface area contributed by atoms with E-state index in [1.54, 1.807) is 19.0 Å². The summed E-state index contributed by atoms with van der Waals surface area (Å²) in [6, 6.07) is 0. The number of piperidine rings is 1. The minimum Gasteiger partial charge on any atom is -0.378 e. The lowest BCUT2D eigenvalue weighted by molar-refractivity contribution is -0.127. The Morgan fingerprint density at radius 1 is 1.43 bits per heavy atom. The van der Waals surface area contributed by atoms with Gasteiger partial charge < -0.3 is 19.9 Å². The van der Waals surface area contributed by atoms with Crippen LogP contribution >= 0.6 is 0 Å². The molecule has 6 heteroatoms. The molecule has 120 valence electrons. The van der Waals surface area contributed by atoms with Crippen molar-refractivity contribution in [3.8, 4) is 0 Å². The van der Waals surface area contributed by atoms with E-state index in [-0.39, 0.29) is 12.5 Å². The molecular formula is C15H28N4O2. The summed E-state index contributed by atoms with van der Waals surface area (Å²) in [4.78, 5) is 20.1. The molecule has 2 atom stereocenters. The molecule has 0 saturated carbocycles. The van der Waals surface area contributed by atoms with Crippen molar-refractivity contribution in [2.75, 3.05) is 46.9 Å². The Morgan fingerprint density at radius 2 is 2.24 bits per heavy atom. The highest BCUT2D eigenvalue weighted by atomic mass is 16.5. The van der Waals surface area contributed by atoms with E-state index in [0.29, 0.717) is 12.0 Å². The molecule has 0 aromatic heterocycles. The number of hydrogen-bond acceptors (Lipinski definition) is 3. The fraction of sp³-hybridized carbons (Fsp3) is 0.867. The van der Waals surface area contributed by atoms with Crippen LogP contribution in [0.25, 0.3) is 0 Å². The first-order valence-corrected chi connectivity index (χ1v) is 7.96. The number of hydrogen-bond donors (Lipinski definition) is 1. The molecule has 2 aliphatic rings. The second-order valence-electron chi connectivity index (χ2n) is 6.00. The lowest BCUT2D eigenvalue weighted by atomic mass is 9.88. The molecule has 1 N–H and O–H groups in total. The van der Waals surface area contributed by atoms with Gasteiger partial charge in [-0.15, -0.1) is 0 Å². The number of amides is 1. The van der Waals surface area contributed by atoms with Crippen LogP contribution in [-0.4, -0.2) is 74.7 Å². The normalized spacial score (nSPS) is 26.2. The first-order valence-electron chi connectivity index (χ1n) is 7.96. The van der Waals surface area contributed by atoms with Crippen LogP contribution in [0.1, 0.15) is 26.2 Å². The van der Waals surface area contributed by atoms with E-state index in [1.165, 1.54) is 6.42 Å². The topological polar surface area (TPSA) is 57.2 Å². The Balaban J connectivity index is 1.97. The Labute approximate surface area is 127 Å². The van der Waals surface area contributed by atoms with Gasteiger partial charge >= 0.3 is 0 Å². The van der Waals surface area contributed by atoms with E-state index in [2.05, 4.69) is 22.1 Å². The van der Waals surface area contributed by atoms with Gasteiger partial charge in [-0.25, -0.2) is 4.99 Å². The number of nitrogens with zero attached hydrogens (tertiary/aromatic N) is 3. The summed E-state index contributed by atoms with van der Waals surface area (Å²) >= 11 is 0. The molecule has 2 heterocycles. The van der Waals surface area contributed by atoms with Crippen molar-refractivity contribution in [1.29, 1.82) is 0 Å². The third kappa shape index (κ3) is 4.33. The predicted octanol–water partition coefficient (Wildman–Crippen LogP) is 0.541. The lowest BCUT2D eigenvalue weighted by Gasteiger charge is -2.42. The average Bonchev–Trinajstić information content (AvgIpc) is 2.50. The molecule has 0 bridgehead atoms. The van der Waals surface area contributed by atoms with Gasteiger partial charge in [-0.1, -0.05) is 0 Å². The highest BCUT2D eigenvalue weighted by Crippen LogP contribution is 2.28. The fourth-order valence-corrected chi connectivity index (χ4v) is 2.99. The van der Waals surface area contributed by atoms with Gasteiger partial charge in [-0.05, 0) is 26.2 Å². The van der Waals surface area contributed by atoms with Crippen LogP contribution < -0.4 is 5.32 Å². The van der Waals surface area contributed by atoms with Crippen molar-refractivity contribution in [3.05, 3.63) is 0 Å². The van der Waals surface area contributed by atoms with Crippen molar-refractivity contribution in [1.82, 2.24) is 15.1 Å². The van der Waals surface area contributed by atoms with Gasteiger partial charge in [0.05, 0.1) is 6.10 Å². The van der Waals surface area contributed by atoms with Gasteiger partial charge in [0.25, 0.3) is 0 Å². The zero-order valence-electron chi connectivity index (χ0n) is 13.5. The maximum atomic E-state index is 11.7. The van der Waals surface area contributed by atoms with Crippen LogP contribution in [0.4, 0.5) is 0 Å². The number of likely N-dealkylation sites (tertiary alicyclic amines) is 1. The van der Waals surface area contributed by atoms with E-state index in [1.807, 2.05) is 0 Å². The maximum absolute atomic E-state index is 11.7. The number of nitrogens with one attached hydrogen (secondary N) is 1. The Bertz CT molecular complexity index is 384. The number of ether oxygens (including phenoxy) is 1. The van der Waals surface area contributed by atoms with E-state index >= 15 is 0 Å². The summed E-state index contributed by atoms with van der Waals surface area (Å²) in [5.41, 5.74) is 0. The monoisotopic (exact) mass is 296 g/mol. The van der Waals surface area contributed by atoms with E-state index < -0.39 is 0 Å². The molecule has 2 fully saturated rings. The first kappa shape index (κ1) is 16.1. The van der Waals surface area contributed by atoms with Crippen molar-refractivity contribution in [2.45, 2.75) is 32.3 Å². The van der Waals surface area contributed by atoms with E-state index in [0.717, 1.165) is 45.0 Å². The second kappa shape index (κ2) is 7.64. The van der Waals surface area contributed by atoms with Crippen molar-refractivity contribution in [3.63, 3.8) is 0 Å². The molecule has 0 aliphatic carbocycles. The summed E-state index contributed by atoms with van der Waals surface area (Å²) in [7, 11) is 3.52. The first-order chi connectivity index (χ1) is 10.1. The zero-order valence-corrected chi connectivity index (χ0v) is 13.5. The molecule has 2 rings (SSSR count). The summed E-state index contributed by atoms with van der Waals surface area (Å²) in [6.45, 7) is 5.91. The molecule has 0 radical (unpaired) electrons. The van der Waals surface area contributed by atoms with Crippen LogP contribution in [0.3, 0.4) is 0 Å². The molecule has 2 unspecified atom stereocenters. The predicted molar refractivity (Wildman–Crippen MR) is 83.3 cm³/mol. The summed E-state index contributed by atoms with van der Waals surface area (Å²) in [5, 5.41) is 3.31. The fourth-order valence-electron chi connectivity index (χ4n) is 2.99. The van der Waals surface area contributed by atoms with Crippen LogP contribution in [0.15, 0.2) is 4.99 Å². The van der Waals surface area contributed by atoms with Crippen LogP contribution in [-0.2, 0) is 9.53 Å². The molecule has 2 aliphatic heterocycles. The Kier molecular flexibility index (Phi) is 5.85. The van der Waals surface area contributed by atoms with Crippen LogP contribution in [0, 0.1) is 5.92 Å². The minimum absolute atomic E-state index is 0.0290. The highest BCUT2D eigenvalue weighted by Gasteiger charge is 2.33. The Morgan fingerprint density at radius 3 is 2.95 bits per heavy atom. The summed E-state index contributed by atoms with van der Waals surface area (Å²) in [6.07, 6.45) is 3.86. The zero-order chi connectivity index (χ0) is 15.2. The van der Waals surface area contributed by atoms with E-state index in [4.69, 9.17) is 4.74 Å². The average molecular weight is 296 g/mol. The van der Waals surface area contributed by atoms with Gasteiger partial charge in [-0.2, -0.15) is 0 Å². The summed E-state index contributed by atoms with van der Waals surface area (Å²) < 4.78 is 5.85. The molecule has 1 amide bonds. The van der Waals surface area contributed by atoms with Gasteiger partial charge in [0.15, 0.2) is 5.96 Å². The summed E-state index contributed by atoms with van der Waals surface area (Å²) in [5.74, 6) is 1.49. The van der Waals surface area contributed by atoms with Gasteiger partial charge in [-0.3, -0.25) is 4.79 Å². The second-order valence-corrected chi connectivity index (χ2v) is 6.00. The number of carbonyl (C=O) groups excluding carboxylic acids is 1. The molecule has 0 aromatic carbocycles. The van der Waals surface area contributed by atoms with Gasteiger partial charge in [0.1, 0.15) is 6.54 Å². The highest BCUT2D eigenvalue weighted by molar-refractivity contribution is 5.84. The molecule has 21 heavy (non-hydrogen) atoms. The molecule has 2 saturated heterocycles. The quantitative estimate of drug-likeness (QED) is 0.610. The molecule has 0 spiro atoms. The largest absolute Gasteiger partial charge is 0.378 e. The van der Waals surface area contributed by atoms with Gasteiger partial charge in [0, 0.05) is 46.3 Å². The number of guanidine groups is 1. The lowest BCUT2D eigenvalue weighted by Crippen LogP contribution is -2.52. The van der Waals surface area contributed by atoms with Crippen molar-refractivity contribution < 1.29 is 9.53 Å². The third-order valence-corrected chi connectivity index (χ3v) is 4.21. The van der Waals surface area contributed by atoms with E-state index in [9.17, 15) is 4.79 Å². The van der Waals surface area contributed by atoms with Crippen molar-refractivity contribution in [2.24, 2.45) is 10.9 Å². The minimum atomic E-state index is 0.0290.